The van der Waals surface area contributed by atoms with Gasteiger partial charge in [0.05, 0.1) is 23.1 Å². The highest BCUT2D eigenvalue weighted by Crippen LogP contribution is 2.20. The number of hydrogen-bond acceptors (Lipinski definition) is 2. The van der Waals surface area contributed by atoms with Crippen molar-refractivity contribution in [3.05, 3.63) is 24.3 Å². The van der Waals surface area contributed by atoms with E-state index in [1.165, 1.54) is 0 Å². The predicted molar refractivity (Wildman–Crippen MR) is 57.5 cm³/mol. The van der Waals surface area contributed by atoms with Gasteiger partial charge in [-0.3, -0.25) is 4.98 Å². The first kappa shape index (κ1) is 9.46. The molecule has 4 heteroatoms. The number of fused-ring (bicyclic) bond motifs is 1. The Balaban J connectivity index is 2.74. The predicted octanol–water partition coefficient (Wildman–Crippen LogP) is 2.75. The van der Waals surface area contributed by atoms with Crippen LogP contribution < -0.4 is 0 Å². The first-order valence-corrected chi connectivity index (χ1v) is 5.14. The van der Waals surface area contributed by atoms with Crippen LogP contribution in [0.25, 0.3) is 11.0 Å². The number of pyridine rings is 1. The molecule has 0 radical (unpaired) electrons. The van der Waals surface area contributed by atoms with E-state index in [4.69, 9.17) is 11.6 Å². The maximum Gasteiger partial charge on any atom is 0.125 e. The van der Waals surface area contributed by atoms with Gasteiger partial charge in [-0.05, 0) is 19.9 Å². The minimum absolute atomic E-state index is 0.359. The molecule has 0 aliphatic rings. The van der Waals surface area contributed by atoms with E-state index in [1.807, 2.05) is 12.3 Å². The SMILES string of the molecule is CC(C)n1c(CCl)nc2ccncc21. The van der Waals surface area contributed by atoms with E-state index >= 15 is 0 Å². The largest absolute Gasteiger partial charge is 0.323 e. The smallest absolute Gasteiger partial charge is 0.125 e. The van der Waals surface area contributed by atoms with Crippen molar-refractivity contribution in [2.24, 2.45) is 0 Å². The van der Waals surface area contributed by atoms with E-state index in [1.54, 1.807) is 6.20 Å². The standard InChI is InChI=1S/C10H12ClN3/c1-7(2)14-9-6-12-4-3-8(9)13-10(14)5-11/h3-4,6-7H,5H2,1-2H3. The maximum atomic E-state index is 5.84. The summed E-state index contributed by atoms with van der Waals surface area (Å²) >= 11 is 5.84. The number of nitrogens with zero attached hydrogens (tertiary/aromatic N) is 3. The molecule has 2 rings (SSSR count). The lowest BCUT2D eigenvalue weighted by Crippen LogP contribution is -2.04. The summed E-state index contributed by atoms with van der Waals surface area (Å²) < 4.78 is 2.12. The fraction of sp³-hybridized carbons (Fsp3) is 0.400. The second-order valence-corrected chi connectivity index (χ2v) is 3.76. The van der Waals surface area contributed by atoms with Gasteiger partial charge in [0.2, 0.25) is 0 Å². The average molecular weight is 210 g/mol. The van der Waals surface area contributed by atoms with Crippen molar-refractivity contribution in [1.29, 1.82) is 0 Å². The van der Waals surface area contributed by atoms with Crippen LogP contribution in [-0.2, 0) is 5.88 Å². The van der Waals surface area contributed by atoms with E-state index in [9.17, 15) is 0 Å². The molecule has 0 aliphatic carbocycles. The zero-order valence-corrected chi connectivity index (χ0v) is 8.99. The van der Waals surface area contributed by atoms with Crippen LogP contribution in [0.1, 0.15) is 25.7 Å². The fourth-order valence-corrected chi connectivity index (χ4v) is 1.85. The van der Waals surface area contributed by atoms with Crippen LogP contribution in [-0.4, -0.2) is 14.5 Å². The number of imidazole rings is 1. The fourth-order valence-electron chi connectivity index (χ4n) is 1.66. The Hall–Kier alpha value is -1.09. The molecule has 0 spiro atoms. The first-order valence-electron chi connectivity index (χ1n) is 4.61. The van der Waals surface area contributed by atoms with Gasteiger partial charge in [0, 0.05) is 12.2 Å². The quantitative estimate of drug-likeness (QED) is 0.713. The van der Waals surface area contributed by atoms with Crippen molar-refractivity contribution >= 4 is 22.6 Å². The second kappa shape index (κ2) is 3.58. The Labute approximate surface area is 87.7 Å². The van der Waals surface area contributed by atoms with Crippen LogP contribution >= 0.6 is 11.6 Å². The Bertz CT molecular complexity index is 448. The van der Waals surface area contributed by atoms with Gasteiger partial charge < -0.3 is 4.57 Å². The van der Waals surface area contributed by atoms with E-state index in [0.29, 0.717) is 11.9 Å². The van der Waals surface area contributed by atoms with Gasteiger partial charge in [-0.15, -0.1) is 11.6 Å². The highest BCUT2D eigenvalue weighted by Gasteiger charge is 2.11. The monoisotopic (exact) mass is 209 g/mol. The zero-order chi connectivity index (χ0) is 10.1. The molecular formula is C10H12ClN3. The molecule has 0 aliphatic heterocycles. The highest BCUT2D eigenvalue weighted by atomic mass is 35.5. The summed E-state index contributed by atoms with van der Waals surface area (Å²) in [7, 11) is 0. The normalized spacial score (nSPS) is 11.4. The molecule has 0 bridgehead atoms. The minimum Gasteiger partial charge on any atom is -0.323 e. The van der Waals surface area contributed by atoms with Crippen LogP contribution in [0.3, 0.4) is 0 Å². The van der Waals surface area contributed by atoms with Gasteiger partial charge in [-0.2, -0.15) is 0 Å². The van der Waals surface area contributed by atoms with Gasteiger partial charge in [0.25, 0.3) is 0 Å². The van der Waals surface area contributed by atoms with Gasteiger partial charge in [0.1, 0.15) is 5.82 Å². The maximum absolute atomic E-state index is 5.84. The highest BCUT2D eigenvalue weighted by molar-refractivity contribution is 6.16. The van der Waals surface area contributed by atoms with Crippen molar-refractivity contribution in [1.82, 2.24) is 14.5 Å². The van der Waals surface area contributed by atoms with E-state index < -0.39 is 0 Å². The Morgan fingerprint density at radius 2 is 2.29 bits per heavy atom. The summed E-state index contributed by atoms with van der Waals surface area (Å²) in [6.07, 6.45) is 3.58. The topological polar surface area (TPSA) is 30.7 Å². The lowest BCUT2D eigenvalue weighted by Gasteiger charge is -2.10. The average Bonchev–Trinajstić information content (AvgIpc) is 2.55. The first-order chi connectivity index (χ1) is 6.74. The molecule has 14 heavy (non-hydrogen) atoms. The number of halogens is 1. The second-order valence-electron chi connectivity index (χ2n) is 3.49. The van der Waals surface area contributed by atoms with Crippen LogP contribution in [0.2, 0.25) is 0 Å². The number of alkyl halides is 1. The molecule has 2 heterocycles. The minimum atomic E-state index is 0.359. The Kier molecular flexibility index (Phi) is 2.42. The summed E-state index contributed by atoms with van der Waals surface area (Å²) in [5, 5.41) is 0. The lowest BCUT2D eigenvalue weighted by atomic mass is 10.3. The summed E-state index contributed by atoms with van der Waals surface area (Å²) in [4.78, 5) is 8.54. The summed E-state index contributed by atoms with van der Waals surface area (Å²) in [6.45, 7) is 4.23. The van der Waals surface area contributed by atoms with Gasteiger partial charge in [-0.25, -0.2) is 4.98 Å². The van der Waals surface area contributed by atoms with E-state index in [2.05, 4.69) is 28.4 Å². The van der Waals surface area contributed by atoms with Crippen LogP contribution in [0.15, 0.2) is 18.5 Å². The molecular weight excluding hydrogens is 198 g/mol. The van der Waals surface area contributed by atoms with Crippen LogP contribution in [0.5, 0.6) is 0 Å². The van der Waals surface area contributed by atoms with E-state index in [-0.39, 0.29) is 0 Å². The molecule has 0 saturated carbocycles. The molecule has 0 fully saturated rings. The van der Waals surface area contributed by atoms with Crippen molar-refractivity contribution in [3.63, 3.8) is 0 Å². The zero-order valence-electron chi connectivity index (χ0n) is 8.24. The molecule has 0 aromatic carbocycles. The van der Waals surface area contributed by atoms with Crippen molar-refractivity contribution < 1.29 is 0 Å². The summed E-state index contributed by atoms with van der Waals surface area (Å²) in [6, 6.07) is 2.27. The number of hydrogen-bond donors (Lipinski definition) is 0. The molecule has 2 aromatic rings. The van der Waals surface area contributed by atoms with Gasteiger partial charge in [0.15, 0.2) is 0 Å². The molecule has 2 aromatic heterocycles. The van der Waals surface area contributed by atoms with Gasteiger partial charge >= 0.3 is 0 Å². The Morgan fingerprint density at radius 1 is 1.50 bits per heavy atom. The molecule has 0 N–H and O–H groups in total. The molecule has 0 atom stereocenters. The molecule has 0 amide bonds. The van der Waals surface area contributed by atoms with Crippen molar-refractivity contribution in [2.45, 2.75) is 25.8 Å². The number of aromatic nitrogens is 3. The van der Waals surface area contributed by atoms with Gasteiger partial charge in [-0.1, -0.05) is 0 Å². The lowest BCUT2D eigenvalue weighted by molar-refractivity contribution is 0.596. The summed E-state index contributed by atoms with van der Waals surface area (Å²) in [5.41, 5.74) is 2.02. The molecule has 74 valence electrons. The molecule has 3 nitrogen and oxygen atoms in total. The van der Waals surface area contributed by atoms with Crippen molar-refractivity contribution in [2.75, 3.05) is 0 Å². The molecule has 0 unspecified atom stereocenters. The number of rotatable bonds is 2. The Morgan fingerprint density at radius 3 is 2.93 bits per heavy atom. The molecule has 0 saturated heterocycles. The third-order valence-electron chi connectivity index (χ3n) is 2.20. The van der Waals surface area contributed by atoms with Crippen LogP contribution in [0, 0.1) is 0 Å². The van der Waals surface area contributed by atoms with E-state index in [0.717, 1.165) is 16.9 Å². The summed E-state index contributed by atoms with van der Waals surface area (Å²) in [5.74, 6) is 1.34. The third kappa shape index (κ3) is 1.38. The third-order valence-corrected chi connectivity index (χ3v) is 2.44. The van der Waals surface area contributed by atoms with Crippen molar-refractivity contribution in [3.8, 4) is 0 Å². The van der Waals surface area contributed by atoms with Crippen LogP contribution in [0.4, 0.5) is 0 Å².